The third kappa shape index (κ3) is 5.18. The van der Waals surface area contributed by atoms with E-state index >= 15 is 0 Å². The number of hydrogen-bond donors (Lipinski definition) is 2. The second kappa shape index (κ2) is 8.47. The minimum Gasteiger partial charge on any atom is -0.478 e. The van der Waals surface area contributed by atoms with Gasteiger partial charge in [-0.05, 0) is 26.0 Å². The number of imide groups is 1. The van der Waals surface area contributed by atoms with Gasteiger partial charge in [-0.25, -0.2) is 9.18 Å². The standard InChI is InChI=1S/C15H17FN4O4S/c1-8(23-11-7-5-4-6-10(11)16)13-19-20-15(24-13)25-9(2)12(21)18-14(22)17-3/h4-9H,1-3H3,(H2,17,18,21,22)/t8-,9-/m1/s1. The number of amides is 3. The Balaban J connectivity index is 1.96. The molecule has 8 nitrogen and oxygen atoms in total. The minimum absolute atomic E-state index is 0.0701. The Bertz CT molecular complexity index is 755. The van der Waals surface area contributed by atoms with Gasteiger partial charge in [-0.2, -0.15) is 0 Å². The molecule has 10 heteroatoms. The van der Waals surface area contributed by atoms with Crippen molar-refractivity contribution in [2.75, 3.05) is 7.05 Å². The Morgan fingerprint density at radius 3 is 2.68 bits per heavy atom. The first kappa shape index (κ1) is 18.7. The number of ether oxygens (including phenoxy) is 1. The maximum absolute atomic E-state index is 13.6. The molecule has 2 atom stereocenters. The second-order valence-corrected chi connectivity index (χ2v) is 6.22. The van der Waals surface area contributed by atoms with Crippen LogP contribution >= 0.6 is 11.8 Å². The van der Waals surface area contributed by atoms with Crippen molar-refractivity contribution in [2.24, 2.45) is 0 Å². The number of urea groups is 1. The summed E-state index contributed by atoms with van der Waals surface area (Å²) in [6.07, 6.45) is -0.672. The molecule has 0 aliphatic heterocycles. The molecule has 0 bridgehead atoms. The Labute approximate surface area is 147 Å². The van der Waals surface area contributed by atoms with Crippen LogP contribution in [-0.2, 0) is 4.79 Å². The summed E-state index contributed by atoms with van der Waals surface area (Å²) in [5, 5.41) is 11.6. The van der Waals surface area contributed by atoms with Crippen molar-refractivity contribution < 1.29 is 23.1 Å². The molecule has 0 aliphatic carbocycles. The molecule has 0 aliphatic rings. The molecular weight excluding hydrogens is 351 g/mol. The summed E-state index contributed by atoms with van der Waals surface area (Å²) < 4.78 is 24.5. The Kier molecular flexibility index (Phi) is 6.34. The maximum atomic E-state index is 13.6. The molecule has 1 aromatic carbocycles. The lowest BCUT2D eigenvalue weighted by Gasteiger charge is -2.11. The molecule has 0 spiro atoms. The van der Waals surface area contributed by atoms with Crippen LogP contribution in [0.25, 0.3) is 0 Å². The number of carbonyl (C=O) groups is 2. The van der Waals surface area contributed by atoms with Gasteiger partial charge >= 0.3 is 6.03 Å². The first-order valence-corrected chi connectivity index (χ1v) is 8.22. The fraction of sp³-hybridized carbons (Fsp3) is 0.333. The average Bonchev–Trinajstić information content (AvgIpc) is 3.05. The van der Waals surface area contributed by atoms with Crippen LogP contribution in [0.1, 0.15) is 25.8 Å². The summed E-state index contributed by atoms with van der Waals surface area (Å²) in [4.78, 5) is 22.9. The number of halogens is 1. The minimum atomic E-state index is -0.672. The average molecular weight is 368 g/mol. The lowest BCUT2D eigenvalue weighted by Crippen LogP contribution is -2.41. The summed E-state index contributed by atoms with van der Waals surface area (Å²) in [5.41, 5.74) is 0. The number of nitrogens with zero attached hydrogens (tertiary/aromatic N) is 2. The van der Waals surface area contributed by atoms with E-state index in [1.165, 1.54) is 19.2 Å². The molecule has 3 amide bonds. The van der Waals surface area contributed by atoms with Crippen LogP contribution in [-0.4, -0.2) is 34.4 Å². The lowest BCUT2D eigenvalue weighted by molar-refractivity contribution is -0.119. The van der Waals surface area contributed by atoms with Crippen LogP contribution in [0.3, 0.4) is 0 Å². The molecule has 1 aromatic heterocycles. The lowest BCUT2D eigenvalue weighted by atomic mass is 10.3. The number of carbonyl (C=O) groups excluding carboxylic acids is 2. The zero-order valence-corrected chi connectivity index (χ0v) is 14.6. The summed E-state index contributed by atoms with van der Waals surface area (Å²) >= 11 is 0.990. The number of aromatic nitrogens is 2. The number of rotatable bonds is 6. The van der Waals surface area contributed by atoms with Crippen LogP contribution in [0.2, 0.25) is 0 Å². The molecule has 25 heavy (non-hydrogen) atoms. The van der Waals surface area contributed by atoms with Gasteiger partial charge in [0.1, 0.15) is 0 Å². The molecule has 0 unspecified atom stereocenters. The van der Waals surface area contributed by atoms with Gasteiger partial charge in [0.15, 0.2) is 17.7 Å². The highest BCUT2D eigenvalue weighted by Gasteiger charge is 2.22. The third-order valence-corrected chi connectivity index (χ3v) is 3.96. The first-order chi connectivity index (χ1) is 11.9. The smallest absolute Gasteiger partial charge is 0.321 e. The van der Waals surface area contributed by atoms with E-state index in [1.54, 1.807) is 26.0 Å². The van der Waals surface area contributed by atoms with Gasteiger partial charge in [0.05, 0.1) is 5.25 Å². The van der Waals surface area contributed by atoms with Crippen molar-refractivity contribution in [1.82, 2.24) is 20.8 Å². The van der Waals surface area contributed by atoms with Gasteiger partial charge in [-0.15, -0.1) is 10.2 Å². The van der Waals surface area contributed by atoms with Gasteiger partial charge in [-0.3, -0.25) is 10.1 Å². The first-order valence-electron chi connectivity index (χ1n) is 7.34. The third-order valence-electron chi connectivity index (χ3n) is 3.02. The molecule has 2 N–H and O–H groups in total. The van der Waals surface area contributed by atoms with E-state index in [1.807, 2.05) is 0 Å². The monoisotopic (exact) mass is 368 g/mol. The second-order valence-electron chi connectivity index (χ2n) is 4.93. The highest BCUT2D eigenvalue weighted by atomic mass is 32.2. The normalized spacial score (nSPS) is 13.0. The molecule has 0 radical (unpaired) electrons. The molecule has 2 aromatic rings. The van der Waals surface area contributed by atoms with Crippen LogP contribution in [0, 0.1) is 5.82 Å². The molecule has 0 saturated carbocycles. The molecular formula is C15H17FN4O4S. The van der Waals surface area contributed by atoms with E-state index in [2.05, 4.69) is 20.8 Å². The van der Waals surface area contributed by atoms with Gasteiger partial charge in [0, 0.05) is 7.05 Å². The van der Waals surface area contributed by atoms with E-state index in [0.717, 1.165) is 11.8 Å². The summed E-state index contributed by atoms with van der Waals surface area (Å²) in [6.45, 7) is 3.22. The summed E-state index contributed by atoms with van der Waals surface area (Å²) in [7, 11) is 1.40. The molecule has 2 rings (SSSR count). The van der Waals surface area contributed by atoms with Crippen molar-refractivity contribution in [3.8, 4) is 5.75 Å². The van der Waals surface area contributed by atoms with Gasteiger partial charge < -0.3 is 14.5 Å². The Morgan fingerprint density at radius 1 is 1.28 bits per heavy atom. The number of benzene rings is 1. The van der Waals surface area contributed by atoms with Gasteiger partial charge in [0.2, 0.25) is 5.91 Å². The Morgan fingerprint density at radius 2 is 2.00 bits per heavy atom. The van der Waals surface area contributed by atoms with Crippen LogP contribution in [0.4, 0.5) is 9.18 Å². The highest BCUT2D eigenvalue weighted by Crippen LogP contribution is 2.27. The zero-order valence-electron chi connectivity index (χ0n) is 13.8. The molecule has 0 fully saturated rings. The van der Waals surface area contributed by atoms with Gasteiger partial charge in [0.25, 0.3) is 11.1 Å². The summed E-state index contributed by atoms with van der Waals surface area (Å²) in [6, 6.07) is 5.37. The quantitative estimate of drug-likeness (QED) is 0.753. The van der Waals surface area contributed by atoms with Gasteiger partial charge in [-0.1, -0.05) is 23.9 Å². The fourth-order valence-corrected chi connectivity index (χ4v) is 2.38. The number of nitrogens with one attached hydrogen (secondary N) is 2. The zero-order chi connectivity index (χ0) is 18.4. The van der Waals surface area contributed by atoms with Crippen molar-refractivity contribution in [2.45, 2.75) is 30.4 Å². The van der Waals surface area contributed by atoms with E-state index in [9.17, 15) is 14.0 Å². The molecule has 1 heterocycles. The van der Waals surface area contributed by atoms with Crippen molar-refractivity contribution in [1.29, 1.82) is 0 Å². The largest absolute Gasteiger partial charge is 0.478 e. The number of hydrogen-bond acceptors (Lipinski definition) is 7. The molecule has 0 saturated heterocycles. The van der Waals surface area contributed by atoms with Crippen LogP contribution in [0.5, 0.6) is 5.75 Å². The number of para-hydroxylation sites is 1. The predicted octanol–water partition coefficient (Wildman–Crippen LogP) is 2.28. The SMILES string of the molecule is CNC(=O)NC(=O)[C@@H](C)Sc1nnc([C@@H](C)Oc2ccccc2F)o1. The topological polar surface area (TPSA) is 106 Å². The van der Waals surface area contributed by atoms with Crippen molar-refractivity contribution in [3.63, 3.8) is 0 Å². The van der Waals surface area contributed by atoms with Crippen LogP contribution < -0.4 is 15.4 Å². The van der Waals surface area contributed by atoms with E-state index in [0.29, 0.717) is 0 Å². The summed E-state index contributed by atoms with van der Waals surface area (Å²) in [5.74, 6) is -0.784. The van der Waals surface area contributed by atoms with Crippen molar-refractivity contribution in [3.05, 3.63) is 36.0 Å². The van der Waals surface area contributed by atoms with E-state index < -0.39 is 29.1 Å². The molecule has 134 valence electrons. The van der Waals surface area contributed by atoms with Crippen molar-refractivity contribution >= 4 is 23.7 Å². The maximum Gasteiger partial charge on any atom is 0.321 e. The van der Waals surface area contributed by atoms with E-state index in [-0.39, 0.29) is 16.9 Å². The fourth-order valence-electron chi connectivity index (χ4n) is 1.69. The van der Waals surface area contributed by atoms with Crippen LogP contribution in [0.15, 0.2) is 33.9 Å². The van der Waals surface area contributed by atoms with E-state index in [4.69, 9.17) is 9.15 Å². The Hall–Kier alpha value is -2.62. The predicted molar refractivity (Wildman–Crippen MR) is 87.7 cm³/mol. The highest BCUT2D eigenvalue weighted by molar-refractivity contribution is 8.00. The number of thioether (sulfide) groups is 1.